The second-order valence-corrected chi connectivity index (χ2v) is 4.91. The molecule has 2 unspecified atom stereocenters. The third kappa shape index (κ3) is 2.76. The second-order valence-electron chi connectivity index (χ2n) is 4.91. The summed E-state index contributed by atoms with van der Waals surface area (Å²) in [6, 6.07) is 8.40. The lowest BCUT2D eigenvalue weighted by Gasteiger charge is -2.11. The number of rotatable bonds is 5. The number of hydrogen-bond acceptors (Lipinski definition) is 2. The molecule has 2 heteroatoms. The van der Waals surface area contributed by atoms with Crippen molar-refractivity contribution in [3.05, 3.63) is 29.8 Å². The molecule has 2 atom stereocenters. The molecule has 1 aliphatic rings. The largest absolute Gasteiger partial charge is 0.491 e. The van der Waals surface area contributed by atoms with Crippen LogP contribution in [-0.2, 0) is 4.74 Å². The number of benzene rings is 1. The third-order valence-corrected chi connectivity index (χ3v) is 3.24. The standard InChI is InChI=1S/C14H20O2/c1-4-11(2)12-5-7-13(8-6-12)15-9-14(3)10-16-14/h5-8,11H,4,9-10H2,1-3H3. The molecule has 0 radical (unpaired) electrons. The van der Waals surface area contributed by atoms with E-state index in [1.54, 1.807) is 0 Å². The van der Waals surface area contributed by atoms with Crippen LogP contribution >= 0.6 is 0 Å². The lowest BCUT2D eigenvalue weighted by atomic mass is 9.99. The highest BCUT2D eigenvalue weighted by molar-refractivity contribution is 5.29. The monoisotopic (exact) mass is 220 g/mol. The van der Waals surface area contributed by atoms with Gasteiger partial charge >= 0.3 is 0 Å². The van der Waals surface area contributed by atoms with Crippen LogP contribution in [0.25, 0.3) is 0 Å². The van der Waals surface area contributed by atoms with E-state index in [2.05, 4.69) is 32.9 Å². The van der Waals surface area contributed by atoms with Gasteiger partial charge in [0.25, 0.3) is 0 Å². The molecule has 1 fully saturated rings. The molecule has 2 nitrogen and oxygen atoms in total. The van der Waals surface area contributed by atoms with E-state index in [0.29, 0.717) is 12.5 Å². The number of epoxide rings is 1. The summed E-state index contributed by atoms with van der Waals surface area (Å²) in [5.41, 5.74) is 1.35. The molecule has 0 spiro atoms. The molecule has 16 heavy (non-hydrogen) atoms. The Kier molecular flexibility index (Phi) is 3.20. The lowest BCUT2D eigenvalue weighted by molar-refractivity contribution is 0.202. The molecule has 0 aromatic heterocycles. The molecule has 1 aromatic rings. The predicted octanol–water partition coefficient (Wildman–Crippen LogP) is 3.37. The van der Waals surface area contributed by atoms with Gasteiger partial charge in [-0.15, -0.1) is 0 Å². The minimum Gasteiger partial charge on any atom is -0.491 e. The third-order valence-electron chi connectivity index (χ3n) is 3.24. The summed E-state index contributed by atoms with van der Waals surface area (Å²) in [4.78, 5) is 0. The predicted molar refractivity (Wildman–Crippen MR) is 65.0 cm³/mol. The van der Waals surface area contributed by atoms with E-state index in [0.717, 1.165) is 12.4 Å². The molecule has 0 amide bonds. The van der Waals surface area contributed by atoms with Gasteiger partial charge in [-0.1, -0.05) is 26.0 Å². The maximum absolute atomic E-state index is 5.68. The maximum atomic E-state index is 5.68. The molecule has 0 saturated carbocycles. The Morgan fingerprint density at radius 2 is 2.00 bits per heavy atom. The first kappa shape index (κ1) is 11.5. The van der Waals surface area contributed by atoms with Crippen molar-refractivity contribution in [2.75, 3.05) is 13.2 Å². The van der Waals surface area contributed by atoms with Crippen LogP contribution in [0.15, 0.2) is 24.3 Å². The highest BCUT2D eigenvalue weighted by Crippen LogP contribution is 2.27. The summed E-state index contributed by atoms with van der Waals surface area (Å²) in [7, 11) is 0. The Morgan fingerprint density at radius 1 is 1.38 bits per heavy atom. The van der Waals surface area contributed by atoms with Gasteiger partial charge in [0, 0.05) is 0 Å². The van der Waals surface area contributed by atoms with Crippen LogP contribution in [0.3, 0.4) is 0 Å². The average molecular weight is 220 g/mol. The number of hydrogen-bond donors (Lipinski definition) is 0. The van der Waals surface area contributed by atoms with Crippen LogP contribution in [-0.4, -0.2) is 18.8 Å². The van der Waals surface area contributed by atoms with Gasteiger partial charge < -0.3 is 9.47 Å². The molecule has 0 N–H and O–H groups in total. The first-order chi connectivity index (χ1) is 7.63. The van der Waals surface area contributed by atoms with Crippen molar-refractivity contribution in [2.45, 2.75) is 38.7 Å². The highest BCUT2D eigenvalue weighted by Gasteiger charge is 2.40. The van der Waals surface area contributed by atoms with Gasteiger partial charge in [0.1, 0.15) is 18.0 Å². The van der Waals surface area contributed by atoms with Crippen LogP contribution < -0.4 is 4.74 Å². The summed E-state index contributed by atoms with van der Waals surface area (Å²) in [6.07, 6.45) is 1.17. The summed E-state index contributed by atoms with van der Waals surface area (Å²) in [6.45, 7) is 7.99. The molecule has 2 rings (SSSR count). The van der Waals surface area contributed by atoms with Crippen molar-refractivity contribution in [1.82, 2.24) is 0 Å². The maximum Gasteiger partial charge on any atom is 0.123 e. The van der Waals surface area contributed by atoms with E-state index in [1.807, 2.05) is 12.1 Å². The van der Waals surface area contributed by atoms with E-state index >= 15 is 0 Å². The van der Waals surface area contributed by atoms with Gasteiger partial charge in [0.15, 0.2) is 0 Å². The van der Waals surface area contributed by atoms with E-state index in [4.69, 9.17) is 9.47 Å². The van der Waals surface area contributed by atoms with Gasteiger partial charge in [0.05, 0.1) is 6.61 Å². The molecule has 1 saturated heterocycles. The lowest BCUT2D eigenvalue weighted by Crippen LogP contribution is -2.16. The van der Waals surface area contributed by atoms with Crippen molar-refractivity contribution in [3.63, 3.8) is 0 Å². The number of ether oxygens (including phenoxy) is 2. The van der Waals surface area contributed by atoms with E-state index < -0.39 is 0 Å². The fraction of sp³-hybridized carbons (Fsp3) is 0.571. The zero-order valence-corrected chi connectivity index (χ0v) is 10.3. The second kappa shape index (κ2) is 4.46. The Morgan fingerprint density at radius 3 is 2.50 bits per heavy atom. The van der Waals surface area contributed by atoms with E-state index in [9.17, 15) is 0 Å². The molecule has 0 aliphatic carbocycles. The van der Waals surface area contributed by atoms with Crippen molar-refractivity contribution in [1.29, 1.82) is 0 Å². The summed E-state index contributed by atoms with van der Waals surface area (Å²) in [5, 5.41) is 0. The SMILES string of the molecule is CCC(C)c1ccc(OCC2(C)CO2)cc1. The molecule has 88 valence electrons. The van der Waals surface area contributed by atoms with Crippen LogP contribution in [0, 0.1) is 0 Å². The zero-order chi connectivity index (χ0) is 11.6. The fourth-order valence-electron chi connectivity index (χ4n) is 1.57. The Bertz CT molecular complexity index is 338. The topological polar surface area (TPSA) is 21.8 Å². The molecule has 1 aromatic carbocycles. The van der Waals surface area contributed by atoms with Gasteiger partial charge in [-0.05, 0) is 37.0 Å². The molecule has 0 bridgehead atoms. The smallest absolute Gasteiger partial charge is 0.123 e. The quantitative estimate of drug-likeness (QED) is 0.710. The highest BCUT2D eigenvalue weighted by atomic mass is 16.6. The van der Waals surface area contributed by atoms with Crippen LogP contribution in [0.1, 0.15) is 38.7 Å². The normalized spacial score (nSPS) is 25.2. The van der Waals surface area contributed by atoms with Gasteiger partial charge in [-0.25, -0.2) is 0 Å². The van der Waals surface area contributed by atoms with Crippen molar-refractivity contribution in [2.24, 2.45) is 0 Å². The van der Waals surface area contributed by atoms with Crippen LogP contribution in [0.5, 0.6) is 5.75 Å². The first-order valence-electron chi connectivity index (χ1n) is 6.00. The molecule has 1 heterocycles. The summed E-state index contributed by atoms with van der Waals surface area (Å²) >= 11 is 0. The van der Waals surface area contributed by atoms with Gasteiger partial charge in [-0.2, -0.15) is 0 Å². The van der Waals surface area contributed by atoms with Gasteiger partial charge in [0.2, 0.25) is 0 Å². The summed E-state index contributed by atoms with van der Waals surface area (Å²) in [5.74, 6) is 1.56. The van der Waals surface area contributed by atoms with E-state index in [1.165, 1.54) is 12.0 Å². The first-order valence-corrected chi connectivity index (χ1v) is 6.00. The minimum atomic E-state index is -0.0324. The minimum absolute atomic E-state index is 0.0324. The van der Waals surface area contributed by atoms with Crippen LogP contribution in [0.2, 0.25) is 0 Å². The molecular formula is C14H20O2. The van der Waals surface area contributed by atoms with Gasteiger partial charge in [-0.3, -0.25) is 0 Å². The summed E-state index contributed by atoms with van der Waals surface area (Å²) < 4.78 is 10.9. The Balaban J connectivity index is 1.91. The van der Waals surface area contributed by atoms with Crippen molar-refractivity contribution in [3.8, 4) is 5.75 Å². The molecule has 1 aliphatic heterocycles. The molecular weight excluding hydrogens is 200 g/mol. The Labute approximate surface area is 97.6 Å². The average Bonchev–Trinajstić information content (AvgIpc) is 3.05. The fourth-order valence-corrected chi connectivity index (χ4v) is 1.57. The zero-order valence-electron chi connectivity index (χ0n) is 10.3. The van der Waals surface area contributed by atoms with Crippen molar-refractivity contribution >= 4 is 0 Å². The van der Waals surface area contributed by atoms with Crippen LogP contribution in [0.4, 0.5) is 0 Å². The Hall–Kier alpha value is -1.02. The van der Waals surface area contributed by atoms with Crippen molar-refractivity contribution < 1.29 is 9.47 Å². The van der Waals surface area contributed by atoms with E-state index in [-0.39, 0.29) is 5.60 Å².